The van der Waals surface area contributed by atoms with Crippen LogP contribution in [0.15, 0.2) is 78.9 Å². The van der Waals surface area contributed by atoms with E-state index in [1.165, 1.54) is 0 Å². The van der Waals surface area contributed by atoms with Gasteiger partial charge in [0.15, 0.2) is 0 Å². The van der Waals surface area contributed by atoms with Gasteiger partial charge in [-0.15, -0.1) is 0 Å². The van der Waals surface area contributed by atoms with Gasteiger partial charge in [-0.1, -0.05) is 30.3 Å². The van der Waals surface area contributed by atoms with Crippen molar-refractivity contribution in [2.75, 3.05) is 13.7 Å². The van der Waals surface area contributed by atoms with Gasteiger partial charge in [0.05, 0.1) is 20.1 Å². The van der Waals surface area contributed by atoms with Gasteiger partial charge in [0.2, 0.25) is 0 Å². The molecule has 0 atom stereocenters. The summed E-state index contributed by atoms with van der Waals surface area (Å²) < 4.78 is 21.7. The average molecular weight is 378 g/mol. The molecular weight excluding hydrogens is 356 g/mol. The summed E-state index contributed by atoms with van der Waals surface area (Å²) in [4.78, 5) is 11.9. The van der Waals surface area contributed by atoms with Crippen molar-refractivity contribution >= 4 is 5.97 Å². The second-order valence-electron chi connectivity index (χ2n) is 6.00. The van der Waals surface area contributed by atoms with E-state index in [1.807, 2.05) is 54.6 Å². The molecule has 0 heterocycles. The lowest BCUT2D eigenvalue weighted by molar-refractivity contribution is -0.145. The molecule has 0 amide bonds. The van der Waals surface area contributed by atoms with Crippen molar-refractivity contribution in [2.45, 2.75) is 13.0 Å². The zero-order valence-electron chi connectivity index (χ0n) is 15.7. The lowest BCUT2D eigenvalue weighted by Gasteiger charge is -2.09. The van der Waals surface area contributed by atoms with Crippen LogP contribution in [0.1, 0.15) is 12.0 Å². The van der Waals surface area contributed by atoms with E-state index in [-0.39, 0.29) is 25.6 Å². The van der Waals surface area contributed by atoms with Crippen LogP contribution in [-0.2, 0) is 16.1 Å². The highest BCUT2D eigenvalue weighted by Gasteiger charge is 2.06. The molecule has 0 bridgehead atoms. The van der Waals surface area contributed by atoms with Gasteiger partial charge >= 0.3 is 5.97 Å². The highest BCUT2D eigenvalue weighted by molar-refractivity contribution is 5.69. The molecular formula is C23H22O5. The van der Waals surface area contributed by atoms with Crippen LogP contribution in [0, 0.1) is 0 Å². The maximum atomic E-state index is 11.9. The first kappa shape index (κ1) is 19.3. The summed E-state index contributed by atoms with van der Waals surface area (Å²) in [5.74, 6) is 2.57. The number of ether oxygens (including phenoxy) is 4. The Labute approximate surface area is 164 Å². The summed E-state index contributed by atoms with van der Waals surface area (Å²) in [5.41, 5.74) is 0.859. The number of esters is 1. The van der Waals surface area contributed by atoms with E-state index >= 15 is 0 Å². The Morgan fingerprint density at radius 2 is 1.50 bits per heavy atom. The Morgan fingerprint density at radius 3 is 2.25 bits per heavy atom. The fourth-order valence-corrected chi connectivity index (χ4v) is 2.48. The maximum Gasteiger partial charge on any atom is 0.309 e. The predicted octanol–water partition coefficient (Wildman–Crippen LogP) is 5.00. The van der Waals surface area contributed by atoms with Crippen molar-refractivity contribution in [3.63, 3.8) is 0 Å². The fraction of sp³-hybridized carbons (Fsp3) is 0.174. The highest BCUT2D eigenvalue weighted by atomic mass is 16.5. The van der Waals surface area contributed by atoms with Crippen molar-refractivity contribution in [1.29, 1.82) is 0 Å². The first-order valence-corrected chi connectivity index (χ1v) is 8.97. The molecule has 3 aromatic carbocycles. The Hall–Kier alpha value is -3.47. The van der Waals surface area contributed by atoms with Crippen LogP contribution in [-0.4, -0.2) is 19.7 Å². The molecule has 0 N–H and O–H groups in total. The predicted molar refractivity (Wildman–Crippen MR) is 106 cm³/mol. The van der Waals surface area contributed by atoms with Gasteiger partial charge in [-0.2, -0.15) is 0 Å². The third-order valence-corrected chi connectivity index (χ3v) is 3.91. The molecule has 0 saturated heterocycles. The number of hydrogen-bond donors (Lipinski definition) is 0. The van der Waals surface area contributed by atoms with Gasteiger partial charge in [-0.25, -0.2) is 0 Å². The van der Waals surface area contributed by atoms with Crippen LogP contribution in [0.2, 0.25) is 0 Å². The van der Waals surface area contributed by atoms with E-state index < -0.39 is 0 Å². The normalized spacial score (nSPS) is 10.2. The van der Waals surface area contributed by atoms with Gasteiger partial charge < -0.3 is 18.9 Å². The minimum atomic E-state index is -0.317. The molecule has 3 rings (SSSR count). The van der Waals surface area contributed by atoms with Gasteiger partial charge in [-0.3, -0.25) is 4.79 Å². The molecule has 0 fully saturated rings. The number of benzene rings is 3. The third kappa shape index (κ3) is 6.06. The molecule has 0 unspecified atom stereocenters. The second-order valence-corrected chi connectivity index (χ2v) is 6.00. The van der Waals surface area contributed by atoms with Crippen molar-refractivity contribution in [3.8, 4) is 23.0 Å². The van der Waals surface area contributed by atoms with Crippen molar-refractivity contribution in [2.24, 2.45) is 0 Å². The molecule has 5 heteroatoms. The molecule has 5 nitrogen and oxygen atoms in total. The molecule has 0 aliphatic carbocycles. The van der Waals surface area contributed by atoms with Crippen LogP contribution in [0.25, 0.3) is 0 Å². The Bertz CT molecular complexity index is 875. The lowest BCUT2D eigenvalue weighted by atomic mass is 10.2. The first-order valence-electron chi connectivity index (χ1n) is 8.97. The van der Waals surface area contributed by atoms with Crippen LogP contribution >= 0.6 is 0 Å². The fourth-order valence-electron chi connectivity index (χ4n) is 2.48. The molecule has 0 aliphatic rings. The molecule has 0 saturated carbocycles. The first-order chi connectivity index (χ1) is 13.7. The summed E-state index contributed by atoms with van der Waals surface area (Å²) in [7, 11) is 1.61. The van der Waals surface area contributed by atoms with Crippen molar-refractivity contribution < 1.29 is 23.7 Å². The highest BCUT2D eigenvalue weighted by Crippen LogP contribution is 2.22. The second kappa shape index (κ2) is 10.0. The summed E-state index contributed by atoms with van der Waals surface area (Å²) >= 11 is 0. The topological polar surface area (TPSA) is 54.0 Å². The number of para-hydroxylation sites is 1. The van der Waals surface area contributed by atoms with Crippen LogP contribution < -0.4 is 14.2 Å². The minimum Gasteiger partial charge on any atom is -0.497 e. The summed E-state index contributed by atoms with van der Waals surface area (Å²) in [6.45, 7) is 0.440. The van der Waals surface area contributed by atoms with Gasteiger partial charge in [-0.05, 0) is 54.1 Å². The van der Waals surface area contributed by atoms with Crippen LogP contribution in [0.4, 0.5) is 0 Å². The standard InChI is InChI=1S/C23H22O5/c1-25-19-10-12-20(13-11-19)26-15-14-23(24)27-17-18-6-5-9-22(16-18)28-21-7-3-2-4-8-21/h2-13,16H,14-15,17H2,1H3. The van der Waals surface area contributed by atoms with E-state index in [0.29, 0.717) is 11.5 Å². The zero-order chi connectivity index (χ0) is 19.6. The Kier molecular flexibility index (Phi) is 6.90. The SMILES string of the molecule is COc1ccc(OCCC(=O)OCc2cccc(Oc3ccccc3)c2)cc1. The summed E-state index contributed by atoms with van der Waals surface area (Å²) in [6, 6.07) is 24.2. The third-order valence-electron chi connectivity index (χ3n) is 3.91. The Balaban J connectivity index is 1.42. The number of carbonyl (C=O) groups excluding carboxylic acids is 1. The van der Waals surface area contributed by atoms with Gasteiger partial charge in [0.25, 0.3) is 0 Å². The molecule has 0 spiro atoms. The smallest absolute Gasteiger partial charge is 0.309 e. The minimum absolute atomic E-state index is 0.173. The monoisotopic (exact) mass is 378 g/mol. The number of methoxy groups -OCH3 is 1. The number of hydrogen-bond acceptors (Lipinski definition) is 5. The van der Waals surface area contributed by atoms with E-state index in [0.717, 1.165) is 17.1 Å². The number of rotatable bonds is 9. The van der Waals surface area contributed by atoms with Crippen molar-refractivity contribution in [1.82, 2.24) is 0 Å². The summed E-state index contributed by atoms with van der Waals surface area (Å²) in [5, 5.41) is 0. The maximum absolute atomic E-state index is 11.9. The molecule has 0 aromatic heterocycles. The lowest BCUT2D eigenvalue weighted by Crippen LogP contribution is -2.10. The quantitative estimate of drug-likeness (QED) is 0.491. The zero-order valence-corrected chi connectivity index (χ0v) is 15.7. The average Bonchev–Trinajstić information content (AvgIpc) is 2.74. The molecule has 144 valence electrons. The number of carbonyl (C=O) groups is 1. The van der Waals surface area contributed by atoms with E-state index in [1.54, 1.807) is 31.4 Å². The van der Waals surface area contributed by atoms with Crippen LogP contribution in [0.3, 0.4) is 0 Å². The Morgan fingerprint density at radius 1 is 0.786 bits per heavy atom. The molecule has 0 aliphatic heterocycles. The van der Waals surface area contributed by atoms with E-state index in [9.17, 15) is 4.79 Å². The molecule has 28 heavy (non-hydrogen) atoms. The van der Waals surface area contributed by atoms with Crippen molar-refractivity contribution in [3.05, 3.63) is 84.4 Å². The van der Waals surface area contributed by atoms with E-state index in [2.05, 4.69) is 0 Å². The van der Waals surface area contributed by atoms with Crippen LogP contribution in [0.5, 0.6) is 23.0 Å². The van der Waals surface area contributed by atoms with E-state index in [4.69, 9.17) is 18.9 Å². The largest absolute Gasteiger partial charge is 0.497 e. The molecule has 0 radical (unpaired) electrons. The van der Waals surface area contributed by atoms with Gasteiger partial charge in [0.1, 0.15) is 29.6 Å². The van der Waals surface area contributed by atoms with Gasteiger partial charge in [0, 0.05) is 0 Å². The summed E-state index contributed by atoms with van der Waals surface area (Å²) in [6.07, 6.45) is 0.173. The molecule has 3 aromatic rings.